The lowest BCUT2D eigenvalue weighted by atomic mass is 9.91. The van der Waals surface area contributed by atoms with Gasteiger partial charge in [-0.2, -0.15) is 5.10 Å². The van der Waals surface area contributed by atoms with Crippen molar-refractivity contribution in [3.8, 4) is 17.2 Å². The fourth-order valence-corrected chi connectivity index (χ4v) is 14.5. The van der Waals surface area contributed by atoms with Crippen LogP contribution in [0, 0.1) is 25.6 Å². The Balaban J connectivity index is 1.10. The Morgan fingerprint density at radius 2 is 1.66 bits per heavy atom. The van der Waals surface area contributed by atoms with Gasteiger partial charge in [0.25, 0.3) is 5.91 Å². The fourth-order valence-electron chi connectivity index (χ4n) is 11.3. The number of amidine groups is 1. The first-order valence-electron chi connectivity index (χ1n) is 23.8. The molecule has 15 nitrogen and oxygen atoms in total. The van der Waals surface area contributed by atoms with E-state index in [1.54, 1.807) is 59.2 Å². The second kappa shape index (κ2) is 16.9. The summed E-state index contributed by atoms with van der Waals surface area (Å²) in [5.74, 6) is 0.787. The number of halogens is 1. The smallest absolute Gasteiger partial charge is 0.338 e. The third-order valence-corrected chi connectivity index (χ3v) is 19.4. The number of hydrogen-bond donors (Lipinski definition) is 3. The van der Waals surface area contributed by atoms with Gasteiger partial charge in [-0.05, 0) is 117 Å². The van der Waals surface area contributed by atoms with Gasteiger partial charge in [-0.25, -0.2) is 13.9 Å². The average Bonchev–Trinajstić information content (AvgIpc) is 3.82. The molecular formula is C51H61FN9O6P. The fraction of sp³-hybridized carbons (Fsp3) is 0.451. The highest BCUT2D eigenvalue weighted by molar-refractivity contribution is 7.73. The number of aliphatic hydroxyl groups is 1. The van der Waals surface area contributed by atoms with Crippen LogP contribution >= 0.6 is 7.14 Å². The zero-order valence-electron chi connectivity index (χ0n) is 40.2. The van der Waals surface area contributed by atoms with Crippen LogP contribution in [-0.4, -0.2) is 89.8 Å². The molecule has 0 bridgehead atoms. The highest BCUT2D eigenvalue weighted by Gasteiger charge is 2.61. The largest absolute Gasteiger partial charge is 0.387 e. The van der Waals surface area contributed by atoms with Crippen molar-refractivity contribution in [3.05, 3.63) is 117 Å². The van der Waals surface area contributed by atoms with E-state index < -0.39 is 25.1 Å². The van der Waals surface area contributed by atoms with Gasteiger partial charge in [0.05, 0.1) is 23.1 Å². The first kappa shape index (κ1) is 45.8. The minimum atomic E-state index is -2.83. The van der Waals surface area contributed by atoms with Gasteiger partial charge < -0.3 is 39.3 Å². The predicted molar refractivity (Wildman–Crippen MR) is 262 cm³/mol. The van der Waals surface area contributed by atoms with E-state index in [-0.39, 0.29) is 34.7 Å². The number of carbonyl (C=O) groups excluding carboxylic acids is 1. The number of aryl methyl sites for hydroxylation is 2. The average molecular weight is 946 g/mol. The van der Waals surface area contributed by atoms with Crippen molar-refractivity contribution in [3.63, 3.8) is 0 Å². The molecule has 10 rings (SSSR count). The van der Waals surface area contributed by atoms with Crippen LogP contribution in [0.5, 0.6) is 0 Å². The van der Waals surface area contributed by atoms with Gasteiger partial charge in [-0.1, -0.05) is 45.8 Å². The molecule has 0 radical (unpaired) electrons. The number of nitrogens with zero attached hydrogens (tertiary/aromatic N) is 7. The summed E-state index contributed by atoms with van der Waals surface area (Å²) in [6, 6.07) is 16.9. The van der Waals surface area contributed by atoms with Crippen molar-refractivity contribution in [2.45, 2.75) is 116 Å². The number of hydrogen-bond acceptors (Lipinski definition) is 10. The summed E-state index contributed by atoms with van der Waals surface area (Å²) >= 11 is 0. The van der Waals surface area contributed by atoms with Gasteiger partial charge in [0.1, 0.15) is 30.0 Å². The number of nitrogens with one attached hydrogen (secondary N) is 2. The Morgan fingerprint density at radius 3 is 2.29 bits per heavy atom. The first-order chi connectivity index (χ1) is 32.5. The van der Waals surface area contributed by atoms with Crippen LogP contribution in [0.2, 0.25) is 0 Å². The summed E-state index contributed by atoms with van der Waals surface area (Å²) in [7, 11) is -1.04. The number of rotatable bonds is 11. The summed E-state index contributed by atoms with van der Waals surface area (Å²) in [4.78, 5) is 37.7. The molecule has 3 aliphatic heterocycles. The topological polar surface area (TPSA) is 162 Å². The SMILES string of the molecule is CNc1cc(-n2ccn(-c3c4c(nn3-c3cc(C)c(F)c(C)c3)CCN(C(=O)c3cc5cc(C6CCOCC6)ccc5n3[C@@]3(C5=NOC(O)N5)C[C@@H]3C)[C@H]4C)c2=O)ccc1P(=O)(C(C)C)C(C)C. The van der Waals surface area contributed by atoms with Crippen LogP contribution < -0.4 is 21.6 Å². The Kier molecular flexibility index (Phi) is 11.4. The highest BCUT2D eigenvalue weighted by atomic mass is 31.2. The maximum Gasteiger partial charge on any atom is 0.338 e. The second-order valence-electron chi connectivity index (χ2n) is 19.7. The zero-order chi connectivity index (χ0) is 48.1. The minimum Gasteiger partial charge on any atom is -0.387 e. The van der Waals surface area contributed by atoms with Crippen molar-refractivity contribution >= 4 is 40.8 Å². The van der Waals surface area contributed by atoms with Gasteiger partial charge in [0, 0.05) is 84.4 Å². The van der Waals surface area contributed by atoms with E-state index in [0.717, 1.165) is 34.7 Å². The van der Waals surface area contributed by atoms with Gasteiger partial charge in [-0.3, -0.25) is 13.9 Å². The Hall–Kier alpha value is -5.96. The van der Waals surface area contributed by atoms with Gasteiger partial charge in [0.15, 0.2) is 5.84 Å². The van der Waals surface area contributed by atoms with E-state index >= 15 is 9.18 Å². The molecule has 3 aromatic carbocycles. The number of imidazole rings is 1. The van der Waals surface area contributed by atoms with Crippen molar-refractivity contribution < 1.29 is 28.4 Å². The van der Waals surface area contributed by atoms with Crippen molar-refractivity contribution in [2.75, 3.05) is 32.1 Å². The van der Waals surface area contributed by atoms with Crippen LogP contribution in [0.4, 0.5) is 10.1 Å². The van der Waals surface area contributed by atoms with E-state index in [2.05, 4.69) is 45.5 Å². The molecule has 4 aliphatic rings. The Morgan fingerprint density at radius 1 is 0.971 bits per heavy atom. The number of aliphatic hydroxyl groups excluding tert-OH is 1. The van der Waals surface area contributed by atoms with Crippen molar-refractivity contribution in [2.24, 2.45) is 11.1 Å². The lowest BCUT2D eigenvalue weighted by Gasteiger charge is -2.34. The van der Waals surface area contributed by atoms with Gasteiger partial charge in [-0.15, -0.1) is 0 Å². The van der Waals surface area contributed by atoms with E-state index in [1.165, 1.54) is 5.56 Å². The van der Waals surface area contributed by atoms with Crippen LogP contribution in [0.3, 0.4) is 0 Å². The van der Waals surface area contributed by atoms with Crippen LogP contribution in [-0.2, 0) is 26.1 Å². The summed E-state index contributed by atoms with van der Waals surface area (Å²) in [6.45, 7) is 17.2. The molecule has 3 aromatic heterocycles. The molecule has 1 unspecified atom stereocenters. The number of ether oxygens (including phenoxy) is 1. The van der Waals surface area contributed by atoms with E-state index in [1.807, 2.05) is 63.8 Å². The standard InChI is InChI=1S/C51H61FN9O6P/c1-28(2)68(65,29(3)4)43-13-11-37(26-40(43)53-9)58-18-19-59(50(58)64)46-44-33(8)57(17-14-39(44)55-61(46)38-22-30(5)45(52)31(6)23-38)47(62)42-25-36-24-35(34-15-20-66-21-16-34)10-12-41(36)60(42)51(27-32(51)7)48-54-49(63)67-56-48/h10-13,18-19,22-26,28-29,32-34,49,53,63H,14-17,20-21,27H2,1-9H3,(H,54,56)/t32-,33-,49?,51-/m0/s1. The number of anilines is 1. The lowest BCUT2D eigenvalue weighted by Crippen LogP contribution is -2.44. The van der Waals surface area contributed by atoms with Crippen LogP contribution in [0.25, 0.3) is 28.1 Å². The zero-order valence-corrected chi connectivity index (χ0v) is 41.1. The molecular weight excluding hydrogens is 885 g/mol. The van der Waals surface area contributed by atoms with Crippen molar-refractivity contribution in [1.29, 1.82) is 0 Å². The Labute approximate surface area is 395 Å². The molecule has 1 saturated heterocycles. The summed E-state index contributed by atoms with van der Waals surface area (Å²) in [5.41, 5.74) is 5.36. The molecule has 2 fully saturated rings. The molecule has 1 aliphatic carbocycles. The quantitative estimate of drug-likeness (QED) is 0.109. The van der Waals surface area contributed by atoms with Gasteiger partial charge in [0.2, 0.25) is 0 Å². The molecule has 358 valence electrons. The van der Waals surface area contributed by atoms with Gasteiger partial charge >= 0.3 is 12.1 Å². The van der Waals surface area contributed by atoms with E-state index in [4.69, 9.17) is 14.7 Å². The summed E-state index contributed by atoms with van der Waals surface area (Å²) < 4.78 is 42.3. The predicted octanol–water partition coefficient (Wildman–Crippen LogP) is 7.97. The molecule has 1 saturated carbocycles. The monoisotopic (exact) mass is 945 g/mol. The minimum absolute atomic E-state index is 0.0593. The second-order valence-corrected chi connectivity index (χ2v) is 23.7. The van der Waals surface area contributed by atoms with E-state index in [0.29, 0.717) is 89.6 Å². The normalized spacial score (nSPS) is 21.9. The molecule has 6 aromatic rings. The molecule has 68 heavy (non-hydrogen) atoms. The third-order valence-electron chi connectivity index (χ3n) is 15.1. The molecule has 6 heterocycles. The number of fused-ring (bicyclic) bond motifs is 2. The molecule has 17 heteroatoms. The van der Waals surface area contributed by atoms with E-state index in [9.17, 15) is 14.5 Å². The lowest BCUT2D eigenvalue weighted by molar-refractivity contribution is -0.0896. The number of carbonyl (C=O) groups is 1. The number of oxime groups is 1. The number of aromatic nitrogens is 5. The van der Waals surface area contributed by atoms with Crippen LogP contribution in [0.1, 0.15) is 111 Å². The third kappa shape index (κ3) is 7.07. The highest BCUT2D eigenvalue weighted by Crippen LogP contribution is 2.56. The number of benzene rings is 3. The first-order valence-corrected chi connectivity index (χ1v) is 25.7. The number of amides is 1. The van der Waals surface area contributed by atoms with Crippen LogP contribution in [0.15, 0.2) is 76.9 Å². The maximum atomic E-state index is 15.6. The maximum absolute atomic E-state index is 15.6. The summed E-state index contributed by atoms with van der Waals surface area (Å²) in [5, 5.41) is 27.8. The molecule has 3 N–H and O–H groups in total. The van der Waals surface area contributed by atoms with Crippen molar-refractivity contribution in [1.82, 2.24) is 33.7 Å². The Bertz CT molecular complexity index is 3110. The molecule has 4 atom stereocenters. The summed E-state index contributed by atoms with van der Waals surface area (Å²) in [6.07, 6.45) is 5.01. The molecule has 0 spiro atoms. The molecule has 1 amide bonds.